The third kappa shape index (κ3) is 3.61. The van der Waals surface area contributed by atoms with Crippen LogP contribution in [0.4, 0.5) is 4.39 Å². The fourth-order valence-electron chi connectivity index (χ4n) is 2.92. The molecule has 1 aromatic heterocycles. The Kier molecular flexibility index (Phi) is 5.24. The van der Waals surface area contributed by atoms with Gasteiger partial charge in [0.25, 0.3) is 0 Å². The van der Waals surface area contributed by atoms with E-state index in [-0.39, 0.29) is 24.1 Å². The van der Waals surface area contributed by atoms with Crippen LogP contribution in [0.5, 0.6) is 11.5 Å². The van der Waals surface area contributed by atoms with Gasteiger partial charge in [0.1, 0.15) is 19.0 Å². The number of nitrogens with zero attached hydrogens (tertiary/aromatic N) is 1. The highest BCUT2D eigenvalue weighted by atomic mass is 19.1. The number of ether oxygens (including phenoxy) is 2. The number of hydrogen-bond acceptors (Lipinski definition) is 3. The zero-order valence-corrected chi connectivity index (χ0v) is 14.5. The second-order valence-electron chi connectivity index (χ2n) is 6.11. The third-order valence-electron chi connectivity index (χ3n) is 4.32. The maximum atomic E-state index is 14.4. The first-order chi connectivity index (χ1) is 12.1. The summed E-state index contributed by atoms with van der Waals surface area (Å²) in [5.41, 5.74) is 7.74. The van der Waals surface area contributed by atoms with Gasteiger partial charge in [-0.15, -0.1) is 0 Å². The maximum Gasteiger partial charge on any atom is 0.165 e. The van der Waals surface area contributed by atoms with Crippen molar-refractivity contribution in [2.24, 2.45) is 12.8 Å². The molecule has 0 saturated carbocycles. The summed E-state index contributed by atoms with van der Waals surface area (Å²) < 4.78 is 27.8. The number of rotatable bonds is 7. The number of nitrogens with two attached hydrogens (primary N) is 1. The molecule has 0 saturated heterocycles. The molecule has 0 aliphatic carbocycles. The summed E-state index contributed by atoms with van der Waals surface area (Å²) in [4.78, 5) is 0. The van der Waals surface area contributed by atoms with Gasteiger partial charge in [-0.2, -0.15) is 0 Å². The molecule has 132 valence electrons. The van der Waals surface area contributed by atoms with Crippen LogP contribution in [0.3, 0.4) is 0 Å². The Balaban J connectivity index is 1.81. The minimum absolute atomic E-state index is 0.119. The van der Waals surface area contributed by atoms with E-state index < -0.39 is 0 Å². The molecule has 3 rings (SSSR count). The van der Waals surface area contributed by atoms with E-state index in [2.05, 4.69) is 0 Å². The van der Waals surface area contributed by atoms with E-state index in [0.717, 1.165) is 22.2 Å². The first-order valence-electron chi connectivity index (χ1n) is 8.40. The van der Waals surface area contributed by atoms with Crippen molar-refractivity contribution in [3.8, 4) is 11.5 Å². The van der Waals surface area contributed by atoms with E-state index in [9.17, 15) is 4.39 Å². The molecule has 0 aliphatic rings. The van der Waals surface area contributed by atoms with Gasteiger partial charge in [0.2, 0.25) is 0 Å². The van der Waals surface area contributed by atoms with Gasteiger partial charge in [0, 0.05) is 18.6 Å². The quantitative estimate of drug-likeness (QED) is 0.664. The van der Waals surface area contributed by atoms with Crippen LogP contribution in [-0.4, -0.2) is 24.3 Å². The minimum Gasteiger partial charge on any atom is -0.490 e. The lowest BCUT2D eigenvalue weighted by atomic mass is 10.00. The van der Waals surface area contributed by atoms with Crippen molar-refractivity contribution in [1.29, 1.82) is 0 Å². The van der Waals surface area contributed by atoms with Gasteiger partial charge >= 0.3 is 0 Å². The molecule has 2 aromatic carbocycles. The molecule has 2 N–H and O–H groups in total. The molecule has 1 unspecified atom stereocenters. The normalized spacial score (nSPS) is 12.3. The second kappa shape index (κ2) is 7.57. The first kappa shape index (κ1) is 17.3. The second-order valence-corrected chi connectivity index (χ2v) is 6.11. The van der Waals surface area contributed by atoms with Crippen LogP contribution in [0, 0.1) is 5.82 Å². The summed E-state index contributed by atoms with van der Waals surface area (Å²) in [5.74, 6) is 0.782. The highest BCUT2D eigenvalue weighted by Crippen LogP contribution is 2.36. The maximum absolute atomic E-state index is 14.4. The molecular weight excluding hydrogens is 319 g/mol. The van der Waals surface area contributed by atoms with Crippen molar-refractivity contribution in [2.45, 2.75) is 12.8 Å². The number of benzene rings is 2. The molecule has 1 heterocycles. The van der Waals surface area contributed by atoms with E-state index >= 15 is 0 Å². The molecule has 0 fully saturated rings. The summed E-state index contributed by atoms with van der Waals surface area (Å²) in [7, 11) is 1.94. The lowest BCUT2D eigenvalue weighted by Crippen LogP contribution is -2.11. The van der Waals surface area contributed by atoms with Crippen LogP contribution in [0.25, 0.3) is 10.9 Å². The van der Waals surface area contributed by atoms with Crippen LogP contribution in [0.2, 0.25) is 0 Å². The van der Waals surface area contributed by atoms with Crippen molar-refractivity contribution < 1.29 is 13.9 Å². The Morgan fingerprint density at radius 3 is 2.52 bits per heavy atom. The molecule has 0 spiro atoms. The molecule has 4 nitrogen and oxygen atoms in total. The molecule has 0 amide bonds. The number of aryl methyl sites for hydroxylation is 1. The lowest BCUT2D eigenvalue weighted by molar-refractivity contribution is 0.213. The highest BCUT2D eigenvalue weighted by molar-refractivity contribution is 5.90. The summed E-state index contributed by atoms with van der Waals surface area (Å²) in [5, 5.41) is 0.792. The van der Waals surface area contributed by atoms with Crippen molar-refractivity contribution in [1.82, 2.24) is 4.57 Å². The standard InChI is InChI=1S/C20H23FN2O2/c1-14(12-22)16-13-23(2)18-9-8-17(21)20(19(16)18)25-11-10-24-15-6-4-3-5-7-15/h3-9,13-14H,10-12,22H2,1-2H3. The number of para-hydroxylation sites is 1. The molecule has 5 heteroatoms. The topological polar surface area (TPSA) is 49.4 Å². The number of hydrogen-bond donors (Lipinski definition) is 1. The van der Waals surface area contributed by atoms with Crippen LogP contribution in [0.15, 0.2) is 48.7 Å². The van der Waals surface area contributed by atoms with Gasteiger partial charge in [-0.1, -0.05) is 25.1 Å². The predicted molar refractivity (Wildman–Crippen MR) is 97.8 cm³/mol. The lowest BCUT2D eigenvalue weighted by Gasteiger charge is -2.13. The predicted octanol–water partition coefficient (Wildman–Crippen LogP) is 3.84. The highest BCUT2D eigenvalue weighted by Gasteiger charge is 2.19. The van der Waals surface area contributed by atoms with Crippen LogP contribution < -0.4 is 15.2 Å². The van der Waals surface area contributed by atoms with E-state index in [1.54, 1.807) is 6.07 Å². The summed E-state index contributed by atoms with van der Waals surface area (Å²) in [6, 6.07) is 12.7. The number of halogens is 1. The SMILES string of the molecule is CC(CN)c1cn(C)c2ccc(F)c(OCCOc3ccccc3)c12. The number of aromatic nitrogens is 1. The largest absolute Gasteiger partial charge is 0.490 e. The Bertz CT molecular complexity index is 846. The Labute approximate surface area is 147 Å². The minimum atomic E-state index is -0.371. The monoisotopic (exact) mass is 342 g/mol. The summed E-state index contributed by atoms with van der Waals surface area (Å²) >= 11 is 0. The van der Waals surface area contributed by atoms with Gasteiger partial charge < -0.3 is 19.8 Å². The molecular formula is C20H23FN2O2. The van der Waals surface area contributed by atoms with Gasteiger partial charge in [-0.3, -0.25) is 0 Å². The molecule has 25 heavy (non-hydrogen) atoms. The smallest absolute Gasteiger partial charge is 0.165 e. The van der Waals surface area contributed by atoms with Crippen LogP contribution in [-0.2, 0) is 7.05 Å². The van der Waals surface area contributed by atoms with Crippen LogP contribution >= 0.6 is 0 Å². The molecule has 1 atom stereocenters. The molecule has 3 aromatic rings. The van der Waals surface area contributed by atoms with Gasteiger partial charge in [0.05, 0.1) is 5.52 Å². The van der Waals surface area contributed by atoms with Gasteiger partial charge in [-0.05, 0) is 42.3 Å². The average Bonchev–Trinajstić information content (AvgIpc) is 2.97. The zero-order chi connectivity index (χ0) is 17.8. The van der Waals surface area contributed by atoms with Crippen molar-refractivity contribution in [3.05, 3.63) is 60.0 Å². The summed E-state index contributed by atoms with van der Waals surface area (Å²) in [6.45, 7) is 3.12. The zero-order valence-electron chi connectivity index (χ0n) is 14.5. The average molecular weight is 342 g/mol. The Morgan fingerprint density at radius 2 is 1.80 bits per heavy atom. The number of fused-ring (bicyclic) bond motifs is 1. The molecule has 0 aliphatic heterocycles. The fraction of sp³-hybridized carbons (Fsp3) is 0.300. The molecule has 0 radical (unpaired) electrons. The van der Waals surface area contributed by atoms with E-state index in [1.807, 2.05) is 55.1 Å². The third-order valence-corrected chi connectivity index (χ3v) is 4.32. The van der Waals surface area contributed by atoms with E-state index in [1.165, 1.54) is 6.07 Å². The molecule has 0 bridgehead atoms. The first-order valence-corrected chi connectivity index (χ1v) is 8.40. The van der Waals surface area contributed by atoms with Crippen molar-refractivity contribution in [3.63, 3.8) is 0 Å². The fourth-order valence-corrected chi connectivity index (χ4v) is 2.92. The van der Waals surface area contributed by atoms with Gasteiger partial charge in [0.15, 0.2) is 11.6 Å². The summed E-state index contributed by atoms with van der Waals surface area (Å²) in [6.07, 6.45) is 2.00. The van der Waals surface area contributed by atoms with Crippen LogP contribution in [0.1, 0.15) is 18.4 Å². The van der Waals surface area contributed by atoms with E-state index in [0.29, 0.717) is 13.2 Å². The van der Waals surface area contributed by atoms with Gasteiger partial charge in [-0.25, -0.2) is 4.39 Å². The van der Waals surface area contributed by atoms with E-state index in [4.69, 9.17) is 15.2 Å². The Hall–Kier alpha value is -2.53. The Morgan fingerprint density at radius 1 is 1.08 bits per heavy atom. The van der Waals surface area contributed by atoms with Crippen molar-refractivity contribution in [2.75, 3.05) is 19.8 Å². The van der Waals surface area contributed by atoms with Crippen molar-refractivity contribution >= 4 is 10.9 Å².